The van der Waals surface area contributed by atoms with Crippen molar-refractivity contribution < 1.29 is 19.1 Å². The van der Waals surface area contributed by atoms with Gasteiger partial charge in [-0.2, -0.15) is 0 Å². The Morgan fingerprint density at radius 3 is 2.64 bits per heavy atom. The zero-order valence-electron chi connectivity index (χ0n) is 12.7. The molecule has 0 aromatic carbocycles. The molecule has 0 aliphatic heterocycles. The number of aromatic nitrogens is 2. The highest BCUT2D eigenvalue weighted by Gasteiger charge is 2.21. The van der Waals surface area contributed by atoms with Crippen molar-refractivity contribution in [2.75, 3.05) is 6.61 Å². The third-order valence-electron chi connectivity index (χ3n) is 2.79. The van der Waals surface area contributed by atoms with Gasteiger partial charge in [0.25, 0.3) is 5.56 Å². The van der Waals surface area contributed by atoms with E-state index in [1.165, 1.54) is 0 Å². The molecule has 0 radical (unpaired) electrons. The van der Waals surface area contributed by atoms with Gasteiger partial charge in [-0.3, -0.25) is 4.79 Å². The number of thiophene rings is 1. The zero-order valence-corrected chi connectivity index (χ0v) is 13.5. The van der Waals surface area contributed by atoms with Gasteiger partial charge >= 0.3 is 11.9 Å². The quantitative estimate of drug-likeness (QED) is 0.860. The molecule has 8 heteroatoms. The molecule has 0 unspecified atom stereocenters. The molecular formula is C14H16N2O5S. The first-order chi connectivity index (χ1) is 10.3. The van der Waals surface area contributed by atoms with E-state index < -0.39 is 18.5 Å². The molecule has 0 fully saturated rings. The molecule has 2 aromatic rings. The van der Waals surface area contributed by atoms with E-state index in [0.29, 0.717) is 21.6 Å². The fraction of sp³-hybridized carbons (Fsp3) is 0.429. The molecule has 22 heavy (non-hydrogen) atoms. The highest BCUT2D eigenvalue weighted by atomic mass is 32.1. The maximum absolute atomic E-state index is 12.1. The SMILES string of the molecule is Cc1nc2sc(C(=O)OCC(=O)OC(C)C)c(C)c2c(=O)[nH]1. The van der Waals surface area contributed by atoms with Crippen LogP contribution in [0, 0.1) is 13.8 Å². The molecule has 0 spiro atoms. The summed E-state index contributed by atoms with van der Waals surface area (Å²) in [7, 11) is 0. The van der Waals surface area contributed by atoms with Gasteiger partial charge in [-0.1, -0.05) is 0 Å². The summed E-state index contributed by atoms with van der Waals surface area (Å²) in [4.78, 5) is 42.9. The number of hydrogen-bond donors (Lipinski definition) is 1. The van der Waals surface area contributed by atoms with Gasteiger partial charge in [-0.05, 0) is 33.3 Å². The van der Waals surface area contributed by atoms with Gasteiger partial charge in [-0.25, -0.2) is 14.6 Å². The number of hydrogen-bond acceptors (Lipinski definition) is 7. The van der Waals surface area contributed by atoms with Gasteiger partial charge in [0.05, 0.1) is 11.5 Å². The molecule has 0 saturated carbocycles. The summed E-state index contributed by atoms with van der Waals surface area (Å²) in [6, 6.07) is 0. The highest BCUT2D eigenvalue weighted by Crippen LogP contribution is 2.27. The number of carbonyl (C=O) groups excluding carboxylic acids is 2. The number of nitrogens with one attached hydrogen (secondary N) is 1. The monoisotopic (exact) mass is 324 g/mol. The number of nitrogens with zero attached hydrogens (tertiary/aromatic N) is 1. The number of ether oxygens (including phenoxy) is 2. The Kier molecular flexibility index (Phi) is 4.60. The Morgan fingerprint density at radius 2 is 2.00 bits per heavy atom. The fourth-order valence-electron chi connectivity index (χ4n) is 1.93. The molecule has 0 saturated heterocycles. The smallest absolute Gasteiger partial charge is 0.349 e. The largest absolute Gasteiger partial charge is 0.460 e. The highest BCUT2D eigenvalue weighted by molar-refractivity contribution is 7.20. The van der Waals surface area contributed by atoms with Crippen LogP contribution in [-0.2, 0) is 14.3 Å². The van der Waals surface area contributed by atoms with E-state index in [1.54, 1.807) is 27.7 Å². The van der Waals surface area contributed by atoms with Gasteiger partial charge < -0.3 is 14.5 Å². The van der Waals surface area contributed by atoms with Crippen molar-refractivity contribution in [1.82, 2.24) is 9.97 Å². The lowest BCUT2D eigenvalue weighted by Crippen LogP contribution is -2.19. The Bertz CT molecular complexity index is 790. The minimum Gasteiger partial charge on any atom is -0.460 e. The van der Waals surface area contributed by atoms with E-state index in [4.69, 9.17) is 9.47 Å². The fourth-order valence-corrected chi connectivity index (χ4v) is 3.05. The third kappa shape index (κ3) is 3.33. The van der Waals surface area contributed by atoms with Gasteiger partial charge in [0.1, 0.15) is 15.5 Å². The number of H-pyrrole nitrogens is 1. The molecule has 2 heterocycles. The van der Waals surface area contributed by atoms with Crippen LogP contribution in [0.25, 0.3) is 10.2 Å². The van der Waals surface area contributed by atoms with E-state index in [0.717, 1.165) is 11.3 Å². The maximum Gasteiger partial charge on any atom is 0.349 e. The Hall–Kier alpha value is -2.22. The Labute approximate surface area is 130 Å². The van der Waals surface area contributed by atoms with Crippen LogP contribution in [-0.4, -0.2) is 34.6 Å². The predicted molar refractivity (Wildman–Crippen MR) is 81.2 cm³/mol. The topological polar surface area (TPSA) is 98.3 Å². The van der Waals surface area contributed by atoms with Crippen molar-refractivity contribution in [3.05, 3.63) is 26.6 Å². The molecule has 0 aliphatic carbocycles. The normalized spacial score (nSPS) is 11.0. The standard InChI is InChI=1S/C14H16N2O5S/c1-6(2)21-9(17)5-20-14(19)11-7(3)10-12(18)15-8(4)16-13(10)22-11/h6H,5H2,1-4H3,(H,15,16,18). The molecule has 0 amide bonds. The summed E-state index contributed by atoms with van der Waals surface area (Å²) < 4.78 is 9.81. The lowest BCUT2D eigenvalue weighted by Gasteiger charge is -2.08. The van der Waals surface area contributed by atoms with Gasteiger partial charge in [-0.15, -0.1) is 11.3 Å². The third-order valence-corrected chi connectivity index (χ3v) is 3.96. The van der Waals surface area contributed by atoms with Crippen molar-refractivity contribution in [1.29, 1.82) is 0 Å². The molecular weight excluding hydrogens is 308 g/mol. The van der Waals surface area contributed by atoms with Crippen molar-refractivity contribution >= 4 is 33.5 Å². The second-order valence-corrected chi connectivity index (χ2v) is 6.00. The van der Waals surface area contributed by atoms with Crippen LogP contribution in [0.3, 0.4) is 0 Å². The number of fused-ring (bicyclic) bond motifs is 1. The van der Waals surface area contributed by atoms with Crippen molar-refractivity contribution in [3.8, 4) is 0 Å². The molecule has 2 aromatic heterocycles. The van der Waals surface area contributed by atoms with Crippen LogP contribution in [0.5, 0.6) is 0 Å². The molecule has 2 rings (SSSR count). The average molecular weight is 324 g/mol. The number of rotatable bonds is 4. The second kappa shape index (κ2) is 6.27. The van der Waals surface area contributed by atoms with Crippen molar-refractivity contribution in [2.45, 2.75) is 33.8 Å². The molecule has 0 atom stereocenters. The number of aryl methyl sites for hydroxylation is 2. The summed E-state index contributed by atoms with van der Waals surface area (Å²) in [5.74, 6) is -0.814. The summed E-state index contributed by atoms with van der Waals surface area (Å²) in [5, 5.41) is 0.368. The average Bonchev–Trinajstić information content (AvgIpc) is 2.72. The van der Waals surface area contributed by atoms with E-state index >= 15 is 0 Å². The van der Waals surface area contributed by atoms with E-state index in [9.17, 15) is 14.4 Å². The zero-order chi connectivity index (χ0) is 16.4. The Morgan fingerprint density at radius 1 is 1.32 bits per heavy atom. The first kappa shape index (κ1) is 16.2. The Balaban J connectivity index is 2.22. The number of esters is 2. The summed E-state index contributed by atoms with van der Waals surface area (Å²) in [5.41, 5.74) is 0.200. The van der Waals surface area contributed by atoms with Gasteiger partial charge in [0, 0.05) is 0 Å². The molecule has 118 valence electrons. The van der Waals surface area contributed by atoms with Crippen molar-refractivity contribution in [2.24, 2.45) is 0 Å². The molecule has 0 aliphatic rings. The van der Waals surface area contributed by atoms with Crippen LogP contribution >= 0.6 is 11.3 Å². The number of aromatic amines is 1. The van der Waals surface area contributed by atoms with Crippen LogP contribution in [0.2, 0.25) is 0 Å². The minimum absolute atomic E-state index is 0.260. The van der Waals surface area contributed by atoms with E-state index in [2.05, 4.69) is 9.97 Å². The molecule has 0 bridgehead atoms. The van der Waals surface area contributed by atoms with Crippen LogP contribution in [0.4, 0.5) is 0 Å². The maximum atomic E-state index is 12.1. The minimum atomic E-state index is -0.668. The lowest BCUT2D eigenvalue weighted by atomic mass is 10.2. The lowest BCUT2D eigenvalue weighted by molar-refractivity contribution is -0.150. The van der Waals surface area contributed by atoms with Crippen LogP contribution < -0.4 is 5.56 Å². The van der Waals surface area contributed by atoms with E-state index in [1.807, 2.05) is 0 Å². The van der Waals surface area contributed by atoms with Gasteiger partial charge in [0.2, 0.25) is 0 Å². The first-order valence-corrected chi connectivity index (χ1v) is 7.48. The second-order valence-electron chi connectivity index (χ2n) is 5.00. The first-order valence-electron chi connectivity index (χ1n) is 6.66. The van der Waals surface area contributed by atoms with Crippen molar-refractivity contribution in [3.63, 3.8) is 0 Å². The summed E-state index contributed by atoms with van der Waals surface area (Å²) in [6.07, 6.45) is -0.275. The molecule has 1 N–H and O–H groups in total. The predicted octanol–water partition coefficient (Wildman–Crippen LogP) is 1.71. The van der Waals surface area contributed by atoms with Crippen LogP contribution in [0.15, 0.2) is 4.79 Å². The molecule has 7 nitrogen and oxygen atoms in total. The summed E-state index contributed by atoms with van der Waals surface area (Å²) >= 11 is 1.07. The number of carbonyl (C=O) groups is 2. The summed E-state index contributed by atoms with van der Waals surface area (Å²) in [6.45, 7) is 6.25. The van der Waals surface area contributed by atoms with E-state index in [-0.39, 0.29) is 16.5 Å². The van der Waals surface area contributed by atoms with Crippen LogP contribution in [0.1, 0.15) is 34.9 Å². The van der Waals surface area contributed by atoms with Gasteiger partial charge in [0.15, 0.2) is 6.61 Å².